The molecule has 1 aromatic rings. The van der Waals surface area contributed by atoms with E-state index in [-0.39, 0.29) is 29.4 Å². The Hall–Kier alpha value is -2.04. The fourth-order valence-corrected chi connectivity index (χ4v) is 5.42. The van der Waals surface area contributed by atoms with Crippen molar-refractivity contribution in [3.63, 3.8) is 0 Å². The van der Waals surface area contributed by atoms with Crippen molar-refractivity contribution in [2.24, 2.45) is 5.92 Å². The molecular formula is C24H34N2O3. The molecule has 1 saturated heterocycles. The maximum Gasteiger partial charge on any atom is 0.410 e. The first kappa shape index (κ1) is 20.2. The molecule has 1 heterocycles. The molecule has 2 amide bonds. The van der Waals surface area contributed by atoms with Crippen LogP contribution in [-0.4, -0.2) is 35.6 Å². The zero-order valence-corrected chi connectivity index (χ0v) is 18.0. The van der Waals surface area contributed by atoms with Gasteiger partial charge in [-0.1, -0.05) is 37.1 Å². The lowest BCUT2D eigenvalue weighted by molar-refractivity contribution is -0.125. The summed E-state index contributed by atoms with van der Waals surface area (Å²) in [7, 11) is 0. The Morgan fingerprint density at radius 3 is 2.41 bits per heavy atom. The summed E-state index contributed by atoms with van der Waals surface area (Å²) in [5.74, 6) is 0.415. The molecule has 0 unspecified atom stereocenters. The summed E-state index contributed by atoms with van der Waals surface area (Å²) in [6, 6.07) is 8.65. The van der Waals surface area contributed by atoms with Gasteiger partial charge in [0, 0.05) is 24.4 Å². The van der Waals surface area contributed by atoms with Gasteiger partial charge in [-0.15, -0.1) is 0 Å². The molecule has 1 N–H and O–H groups in total. The molecular weight excluding hydrogens is 364 g/mol. The van der Waals surface area contributed by atoms with Crippen molar-refractivity contribution >= 4 is 12.0 Å². The number of ether oxygens (including phenoxy) is 1. The zero-order chi connectivity index (χ0) is 20.6. The van der Waals surface area contributed by atoms with Gasteiger partial charge in [-0.3, -0.25) is 4.79 Å². The van der Waals surface area contributed by atoms with Crippen LogP contribution in [-0.2, 0) is 14.9 Å². The molecule has 5 heteroatoms. The predicted octanol–water partition coefficient (Wildman–Crippen LogP) is 4.71. The van der Waals surface area contributed by atoms with E-state index in [1.165, 1.54) is 24.0 Å². The van der Waals surface area contributed by atoms with Crippen LogP contribution in [0.2, 0.25) is 0 Å². The van der Waals surface area contributed by atoms with Gasteiger partial charge in [-0.2, -0.15) is 0 Å². The number of likely N-dealkylation sites (tertiary alicyclic amines) is 1. The molecule has 1 aliphatic heterocycles. The number of benzene rings is 1. The van der Waals surface area contributed by atoms with E-state index in [1.807, 2.05) is 25.7 Å². The van der Waals surface area contributed by atoms with E-state index in [0.29, 0.717) is 13.1 Å². The van der Waals surface area contributed by atoms with Gasteiger partial charge in [-0.05, 0) is 64.0 Å². The lowest BCUT2D eigenvalue weighted by Crippen LogP contribution is -2.46. The van der Waals surface area contributed by atoms with Crippen LogP contribution in [0.15, 0.2) is 24.3 Å². The van der Waals surface area contributed by atoms with Gasteiger partial charge in [-0.25, -0.2) is 4.79 Å². The first-order valence-electron chi connectivity index (χ1n) is 11.2. The van der Waals surface area contributed by atoms with E-state index < -0.39 is 5.60 Å². The second-order valence-electron chi connectivity index (χ2n) is 10.1. The summed E-state index contributed by atoms with van der Waals surface area (Å²) in [5.41, 5.74) is 2.20. The van der Waals surface area contributed by atoms with Crippen LogP contribution in [0.4, 0.5) is 4.79 Å². The number of carbonyl (C=O) groups excluding carboxylic acids is 2. The van der Waals surface area contributed by atoms with Crippen LogP contribution in [0.25, 0.3) is 0 Å². The second kappa shape index (κ2) is 7.66. The number of piperidine rings is 1. The average Bonchev–Trinajstić information content (AvgIpc) is 3.30. The Kier molecular flexibility index (Phi) is 5.34. The van der Waals surface area contributed by atoms with Crippen molar-refractivity contribution < 1.29 is 14.3 Å². The summed E-state index contributed by atoms with van der Waals surface area (Å²) < 4.78 is 5.56. The molecule has 4 rings (SSSR count). The van der Waals surface area contributed by atoms with Gasteiger partial charge in [0.25, 0.3) is 0 Å². The Labute approximate surface area is 174 Å². The molecule has 2 aliphatic carbocycles. The molecule has 0 radical (unpaired) electrons. The summed E-state index contributed by atoms with van der Waals surface area (Å²) in [6.45, 7) is 7.11. The normalized spacial score (nSPS) is 23.8. The molecule has 1 saturated carbocycles. The van der Waals surface area contributed by atoms with Crippen molar-refractivity contribution in [1.29, 1.82) is 0 Å². The fraction of sp³-hybridized carbons (Fsp3) is 0.667. The molecule has 1 aromatic carbocycles. The largest absolute Gasteiger partial charge is 0.444 e. The van der Waals surface area contributed by atoms with E-state index in [2.05, 4.69) is 29.6 Å². The maximum atomic E-state index is 12.8. The number of rotatable bonds is 2. The number of nitrogens with one attached hydrogen (secondary N) is 1. The van der Waals surface area contributed by atoms with Crippen molar-refractivity contribution in [1.82, 2.24) is 10.2 Å². The highest BCUT2D eigenvalue weighted by Gasteiger charge is 2.47. The topological polar surface area (TPSA) is 58.6 Å². The van der Waals surface area contributed by atoms with Gasteiger partial charge in [0.2, 0.25) is 5.91 Å². The van der Waals surface area contributed by atoms with Crippen LogP contribution < -0.4 is 5.32 Å². The van der Waals surface area contributed by atoms with Gasteiger partial charge >= 0.3 is 6.09 Å². The molecule has 5 nitrogen and oxygen atoms in total. The molecule has 1 spiro atoms. The molecule has 0 bridgehead atoms. The predicted molar refractivity (Wildman–Crippen MR) is 113 cm³/mol. The first-order chi connectivity index (χ1) is 13.8. The second-order valence-corrected chi connectivity index (χ2v) is 10.1. The van der Waals surface area contributed by atoms with Crippen LogP contribution in [0, 0.1) is 5.92 Å². The molecule has 2 fully saturated rings. The highest BCUT2D eigenvalue weighted by Crippen LogP contribution is 2.51. The van der Waals surface area contributed by atoms with Crippen molar-refractivity contribution in [2.45, 2.75) is 82.8 Å². The number of fused-ring (bicyclic) bond motifs is 2. The highest BCUT2D eigenvalue weighted by atomic mass is 16.6. The van der Waals surface area contributed by atoms with E-state index in [9.17, 15) is 9.59 Å². The van der Waals surface area contributed by atoms with Gasteiger partial charge in [0.15, 0.2) is 0 Å². The lowest BCUT2D eigenvalue weighted by atomic mass is 9.73. The number of amides is 2. The smallest absolute Gasteiger partial charge is 0.410 e. The summed E-state index contributed by atoms with van der Waals surface area (Å²) in [4.78, 5) is 27.1. The van der Waals surface area contributed by atoms with E-state index in [0.717, 1.165) is 32.1 Å². The minimum atomic E-state index is -0.470. The molecule has 0 aromatic heterocycles. The standard InChI is InChI=1S/C24H34N2O3/c1-23(2,3)29-22(28)26-14-12-24(13-15-26)16-20(18-10-6-7-11-19(18)24)25-21(27)17-8-4-5-9-17/h6-7,10-11,17,20H,4-5,8-9,12-16H2,1-3H3,(H,25,27)/t20-/m0/s1. The third kappa shape index (κ3) is 4.15. The van der Waals surface area contributed by atoms with E-state index >= 15 is 0 Å². The van der Waals surface area contributed by atoms with Crippen LogP contribution in [0.1, 0.15) is 82.9 Å². The molecule has 1 atom stereocenters. The van der Waals surface area contributed by atoms with E-state index in [1.54, 1.807) is 0 Å². The van der Waals surface area contributed by atoms with Gasteiger partial charge < -0.3 is 15.0 Å². The molecule has 158 valence electrons. The first-order valence-corrected chi connectivity index (χ1v) is 11.2. The summed E-state index contributed by atoms with van der Waals surface area (Å²) in [6.07, 6.45) is 6.94. The zero-order valence-electron chi connectivity index (χ0n) is 18.0. The summed E-state index contributed by atoms with van der Waals surface area (Å²) >= 11 is 0. The number of hydrogen-bond donors (Lipinski definition) is 1. The maximum absolute atomic E-state index is 12.8. The third-order valence-corrected chi connectivity index (χ3v) is 6.92. The Bertz CT molecular complexity index is 769. The van der Waals surface area contributed by atoms with Crippen molar-refractivity contribution in [3.8, 4) is 0 Å². The Balaban J connectivity index is 1.46. The molecule has 3 aliphatic rings. The Morgan fingerprint density at radius 2 is 1.76 bits per heavy atom. The third-order valence-electron chi connectivity index (χ3n) is 6.92. The average molecular weight is 399 g/mol. The van der Waals surface area contributed by atoms with Crippen molar-refractivity contribution in [3.05, 3.63) is 35.4 Å². The quantitative estimate of drug-likeness (QED) is 0.785. The number of nitrogens with zero attached hydrogens (tertiary/aromatic N) is 1. The fourth-order valence-electron chi connectivity index (χ4n) is 5.42. The number of hydrogen-bond acceptors (Lipinski definition) is 3. The lowest BCUT2D eigenvalue weighted by Gasteiger charge is -2.40. The van der Waals surface area contributed by atoms with Crippen LogP contribution in [0.5, 0.6) is 0 Å². The minimum Gasteiger partial charge on any atom is -0.444 e. The summed E-state index contributed by atoms with van der Waals surface area (Å²) in [5, 5.41) is 3.37. The van der Waals surface area contributed by atoms with E-state index in [4.69, 9.17) is 4.74 Å². The SMILES string of the molecule is CC(C)(C)OC(=O)N1CCC2(CC1)C[C@H](NC(=O)C1CCCC1)c1ccccc12. The van der Waals surface area contributed by atoms with Gasteiger partial charge in [0.05, 0.1) is 6.04 Å². The minimum absolute atomic E-state index is 0.0444. The Morgan fingerprint density at radius 1 is 1.10 bits per heavy atom. The van der Waals surface area contributed by atoms with Crippen LogP contribution >= 0.6 is 0 Å². The highest BCUT2D eigenvalue weighted by molar-refractivity contribution is 5.79. The van der Waals surface area contributed by atoms with Gasteiger partial charge in [0.1, 0.15) is 5.60 Å². The van der Waals surface area contributed by atoms with Crippen LogP contribution in [0.3, 0.4) is 0 Å². The molecule has 29 heavy (non-hydrogen) atoms. The number of carbonyl (C=O) groups is 2. The van der Waals surface area contributed by atoms with Crippen molar-refractivity contribution in [2.75, 3.05) is 13.1 Å². The monoisotopic (exact) mass is 398 g/mol.